The van der Waals surface area contributed by atoms with Gasteiger partial charge in [0.2, 0.25) is 0 Å². The van der Waals surface area contributed by atoms with Crippen LogP contribution in [0.25, 0.3) is 0 Å². The van der Waals surface area contributed by atoms with Crippen molar-refractivity contribution in [1.29, 1.82) is 0 Å². The molecule has 3 fully saturated rings. The Morgan fingerprint density at radius 3 is 2.46 bits per heavy atom. The molecule has 6 nitrogen and oxygen atoms in total. The Hall–Kier alpha value is -0.850. The summed E-state index contributed by atoms with van der Waals surface area (Å²) in [5, 5.41) is 0. The maximum atomic E-state index is 13.0. The third kappa shape index (κ3) is 4.90. The summed E-state index contributed by atoms with van der Waals surface area (Å²) in [4.78, 5) is 16.8. The molecule has 0 radical (unpaired) electrons. The number of carbonyl (C=O) groups excluding carboxylic acids is 1. The number of hydrogen-bond acceptors (Lipinski definition) is 4. The van der Waals surface area contributed by atoms with Crippen molar-refractivity contribution in [1.82, 2.24) is 9.80 Å². The number of hydrogen-bond donors (Lipinski definition) is 1. The van der Waals surface area contributed by atoms with E-state index in [9.17, 15) is 4.79 Å². The molecule has 6 heteroatoms. The summed E-state index contributed by atoms with van der Waals surface area (Å²) in [5.74, 6) is 1.61. The molecule has 2 amide bonds. The van der Waals surface area contributed by atoms with Crippen molar-refractivity contribution in [2.24, 2.45) is 17.6 Å². The van der Waals surface area contributed by atoms with E-state index in [-0.39, 0.29) is 18.1 Å². The van der Waals surface area contributed by atoms with E-state index in [2.05, 4.69) is 13.8 Å². The Kier molecular flexibility index (Phi) is 7.18. The van der Waals surface area contributed by atoms with Crippen molar-refractivity contribution in [3.63, 3.8) is 0 Å². The highest BCUT2D eigenvalue weighted by molar-refractivity contribution is 5.75. The van der Waals surface area contributed by atoms with Crippen LogP contribution >= 0.6 is 0 Å². The average molecular weight is 368 g/mol. The maximum absolute atomic E-state index is 13.0. The van der Waals surface area contributed by atoms with Crippen LogP contribution in [0, 0.1) is 11.8 Å². The Morgan fingerprint density at radius 2 is 1.81 bits per heavy atom. The molecular formula is C20H37N3O3. The monoisotopic (exact) mass is 367 g/mol. The minimum atomic E-state index is 0.00178. The molecule has 3 aliphatic rings. The first-order chi connectivity index (χ1) is 12.6. The number of morpholine rings is 1. The molecule has 2 N–H and O–H groups in total. The molecule has 26 heavy (non-hydrogen) atoms. The average Bonchev–Trinajstić information content (AvgIpc) is 2.67. The highest BCUT2D eigenvalue weighted by atomic mass is 16.5. The van der Waals surface area contributed by atoms with E-state index >= 15 is 0 Å². The van der Waals surface area contributed by atoms with E-state index in [0.29, 0.717) is 39.0 Å². The van der Waals surface area contributed by atoms with Gasteiger partial charge in [0.05, 0.1) is 32.0 Å². The van der Waals surface area contributed by atoms with Gasteiger partial charge in [0.25, 0.3) is 0 Å². The van der Waals surface area contributed by atoms with Gasteiger partial charge in [0, 0.05) is 25.7 Å². The first kappa shape index (κ1) is 19.9. The summed E-state index contributed by atoms with van der Waals surface area (Å²) in [5.41, 5.74) is 6.40. The van der Waals surface area contributed by atoms with Gasteiger partial charge in [-0.25, -0.2) is 4.79 Å². The molecule has 2 saturated heterocycles. The van der Waals surface area contributed by atoms with Gasteiger partial charge < -0.3 is 25.0 Å². The zero-order valence-electron chi connectivity index (χ0n) is 16.6. The predicted molar refractivity (Wildman–Crippen MR) is 102 cm³/mol. The minimum Gasteiger partial charge on any atom is -0.378 e. The van der Waals surface area contributed by atoms with E-state index in [1.807, 2.05) is 9.80 Å². The van der Waals surface area contributed by atoms with Crippen molar-refractivity contribution < 1.29 is 14.3 Å². The maximum Gasteiger partial charge on any atom is 0.320 e. The molecule has 1 aliphatic carbocycles. The lowest BCUT2D eigenvalue weighted by atomic mass is 9.80. The number of amides is 2. The van der Waals surface area contributed by atoms with Crippen LogP contribution in [0.15, 0.2) is 0 Å². The summed E-state index contributed by atoms with van der Waals surface area (Å²) < 4.78 is 11.6. The van der Waals surface area contributed by atoms with Crippen LogP contribution in [0.2, 0.25) is 0 Å². The number of rotatable bonds is 4. The smallest absolute Gasteiger partial charge is 0.320 e. The van der Waals surface area contributed by atoms with Gasteiger partial charge in [-0.2, -0.15) is 0 Å². The van der Waals surface area contributed by atoms with Gasteiger partial charge >= 0.3 is 6.03 Å². The number of urea groups is 1. The Morgan fingerprint density at radius 1 is 1.12 bits per heavy atom. The fourth-order valence-corrected chi connectivity index (χ4v) is 4.63. The summed E-state index contributed by atoms with van der Waals surface area (Å²) in [6.45, 7) is 8.63. The molecule has 2 aliphatic heterocycles. The third-order valence-corrected chi connectivity index (χ3v) is 6.52. The second kappa shape index (κ2) is 9.38. The standard InChI is InChI=1S/C20H37N3O3/c1-15(2)16-5-7-17(8-6-16)26-14-19-18(21)4-3-9-23(19)20(24)22-10-12-25-13-11-22/h15-19H,3-14,21H2,1-2H3/t16-,17+,18-,19-/m0/s1. The van der Waals surface area contributed by atoms with Crippen LogP contribution in [-0.4, -0.2) is 73.5 Å². The fourth-order valence-electron chi connectivity index (χ4n) is 4.63. The summed E-state index contributed by atoms with van der Waals surface area (Å²) >= 11 is 0. The molecule has 150 valence electrons. The van der Waals surface area contributed by atoms with Crippen LogP contribution in [0.3, 0.4) is 0 Å². The summed E-state index contributed by atoms with van der Waals surface area (Å²) in [7, 11) is 0. The topological polar surface area (TPSA) is 68.0 Å². The number of nitrogens with zero attached hydrogens (tertiary/aromatic N) is 2. The van der Waals surface area contributed by atoms with Crippen LogP contribution < -0.4 is 5.73 Å². The zero-order valence-corrected chi connectivity index (χ0v) is 16.6. The van der Waals surface area contributed by atoms with Crippen molar-refractivity contribution in [3.8, 4) is 0 Å². The third-order valence-electron chi connectivity index (χ3n) is 6.52. The number of carbonyl (C=O) groups is 1. The summed E-state index contributed by atoms with van der Waals surface area (Å²) in [6, 6.07) is 0.128. The molecule has 0 spiro atoms. The molecule has 2 heterocycles. The van der Waals surface area contributed by atoms with E-state index < -0.39 is 0 Å². The first-order valence-corrected chi connectivity index (χ1v) is 10.6. The van der Waals surface area contributed by atoms with E-state index in [0.717, 1.165) is 44.1 Å². The van der Waals surface area contributed by atoms with Crippen LogP contribution in [-0.2, 0) is 9.47 Å². The molecule has 0 unspecified atom stereocenters. The fraction of sp³-hybridized carbons (Fsp3) is 0.950. The van der Waals surface area contributed by atoms with Crippen molar-refractivity contribution in [2.75, 3.05) is 39.5 Å². The minimum absolute atomic E-state index is 0.00178. The normalized spacial score (nSPS) is 33.5. The number of likely N-dealkylation sites (tertiary alicyclic amines) is 1. The lowest BCUT2D eigenvalue weighted by molar-refractivity contribution is -0.0291. The summed E-state index contributed by atoms with van der Waals surface area (Å²) in [6.07, 6.45) is 7.09. The molecule has 3 rings (SSSR count). The Labute approximate surface area is 158 Å². The second-order valence-electron chi connectivity index (χ2n) is 8.56. The number of ether oxygens (including phenoxy) is 2. The lowest BCUT2D eigenvalue weighted by Crippen LogP contribution is -2.60. The Balaban J connectivity index is 1.52. The molecule has 0 aromatic carbocycles. The highest BCUT2D eigenvalue weighted by Gasteiger charge is 2.36. The van der Waals surface area contributed by atoms with Crippen LogP contribution in [0.1, 0.15) is 52.4 Å². The van der Waals surface area contributed by atoms with Gasteiger partial charge in [-0.3, -0.25) is 0 Å². The number of piperidine rings is 1. The second-order valence-corrected chi connectivity index (χ2v) is 8.56. The highest BCUT2D eigenvalue weighted by Crippen LogP contribution is 2.31. The molecule has 1 saturated carbocycles. The van der Waals surface area contributed by atoms with Crippen molar-refractivity contribution in [2.45, 2.75) is 70.6 Å². The molecule has 0 aromatic heterocycles. The van der Waals surface area contributed by atoms with Gasteiger partial charge in [-0.15, -0.1) is 0 Å². The van der Waals surface area contributed by atoms with E-state index in [1.165, 1.54) is 12.8 Å². The van der Waals surface area contributed by atoms with Crippen LogP contribution in [0.4, 0.5) is 4.79 Å². The van der Waals surface area contributed by atoms with Gasteiger partial charge in [0.15, 0.2) is 0 Å². The molecule has 2 atom stereocenters. The SMILES string of the molecule is CC(C)[C@H]1CC[C@@H](OC[C@H]2[C@@H](N)CCCN2C(=O)N2CCOCC2)CC1. The number of nitrogens with two attached hydrogens (primary N) is 1. The molecular weight excluding hydrogens is 330 g/mol. The zero-order chi connectivity index (χ0) is 18.5. The van der Waals surface area contributed by atoms with E-state index in [4.69, 9.17) is 15.2 Å². The van der Waals surface area contributed by atoms with E-state index in [1.54, 1.807) is 0 Å². The molecule has 0 aromatic rings. The Bertz CT molecular complexity index is 446. The predicted octanol–water partition coefficient (Wildman–Crippen LogP) is 2.46. The largest absolute Gasteiger partial charge is 0.378 e. The van der Waals surface area contributed by atoms with Crippen molar-refractivity contribution in [3.05, 3.63) is 0 Å². The van der Waals surface area contributed by atoms with Gasteiger partial charge in [-0.05, 0) is 50.4 Å². The first-order valence-electron chi connectivity index (χ1n) is 10.6. The molecule has 0 bridgehead atoms. The van der Waals surface area contributed by atoms with Crippen molar-refractivity contribution >= 4 is 6.03 Å². The lowest BCUT2D eigenvalue weighted by Gasteiger charge is -2.43. The van der Waals surface area contributed by atoms with Crippen LogP contribution in [0.5, 0.6) is 0 Å². The quantitative estimate of drug-likeness (QED) is 0.829. The van der Waals surface area contributed by atoms with Gasteiger partial charge in [-0.1, -0.05) is 13.8 Å². The van der Waals surface area contributed by atoms with Gasteiger partial charge in [0.1, 0.15) is 0 Å².